The number of rotatable bonds is 5. The Morgan fingerprint density at radius 1 is 1.24 bits per heavy atom. The third-order valence-corrected chi connectivity index (χ3v) is 3.78. The third-order valence-electron chi connectivity index (χ3n) is 2.70. The van der Waals surface area contributed by atoms with Crippen LogP contribution in [-0.4, -0.2) is 27.6 Å². The first-order valence-corrected chi connectivity index (χ1v) is 7.64. The molecule has 8 heteroatoms. The fourth-order valence-corrected chi connectivity index (χ4v) is 2.67. The first-order chi connectivity index (χ1) is 10.1. The van der Waals surface area contributed by atoms with E-state index in [0.717, 1.165) is 23.2 Å². The molecular weight excluding hydrogens is 288 g/mol. The first-order valence-electron chi connectivity index (χ1n) is 6.82. The monoisotopic (exact) mass is 308 g/mol. The summed E-state index contributed by atoms with van der Waals surface area (Å²) >= 11 is 1.69. The van der Waals surface area contributed by atoms with E-state index in [2.05, 4.69) is 30.8 Å². The van der Waals surface area contributed by atoms with Crippen molar-refractivity contribution >= 4 is 17.3 Å². The van der Waals surface area contributed by atoms with Gasteiger partial charge in [-0.25, -0.2) is 9.98 Å². The minimum atomic E-state index is 0.358. The molecule has 0 atom stereocenters. The molecule has 2 aromatic heterocycles. The Hall–Kier alpha value is -1.96. The van der Waals surface area contributed by atoms with Crippen LogP contribution in [0.25, 0.3) is 0 Å². The van der Waals surface area contributed by atoms with Crippen LogP contribution < -0.4 is 10.6 Å². The summed E-state index contributed by atoms with van der Waals surface area (Å²) in [5.41, 5.74) is 1.06. The molecule has 0 unspecified atom stereocenters. The number of thiazole rings is 1. The van der Waals surface area contributed by atoms with Crippen molar-refractivity contribution in [3.05, 3.63) is 27.3 Å². The molecule has 2 N–H and O–H groups in total. The normalized spacial score (nSPS) is 11.7. The van der Waals surface area contributed by atoms with Crippen LogP contribution in [0.5, 0.6) is 0 Å². The van der Waals surface area contributed by atoms with Gasteiger partial charge in [0.2, 0.25) is 5.89 Å². The highest BCUT2D eigenvalue weighted by Gasteiger charge is 2.06. The van der Waals surface area contributed by atoms with Gasteiger partial charge in [0.05, 0.1) is 17.2 Å². The molecule has 0 fully saturated rings. The molecular formula is C13H20N6OS. The molecule has 21 heavy (non-hydrogen) atoms. The number of hydrogen-bond donors (Lipinski definition) is 2. The van der Waals surface area contributed by atoms with Crippen molar-refractivity contribution in [2.45, 2.75) is 40.8 Å². The summed E-state index contributed by atoms with van der Waals surface area (Å²) < 4.78 is 5.05. The zero-order chi connectivity index (χ0) is 15.2. The Labute approximate surface area is 127 Å². The third kappa shape index (κ3) is 4.52. The molecule has 0 aliphatic carbocycles. The number of hydrogen-bond acceptors (Lipinski definition) is 6. The van der Waals surface area contributed by atoms with E-state index in [9.17, 15) is 0 Å². The van der Waals surface area contributed by atoms with Crippen LogP contribution in [0.3, 0.4) is 0 Å². The average molecular weight is 308 g/mol. The maximum absolute atomic E-state index is 5.05. The number of aryl methyl sites for hydroxylation is 3. The van der Waals surface area contributed by atoms with Crippen LogP contribution in [0.2, 0.25) is 0 Å². The van der Waals surface area contributed by atoms with Crippen LogP contribution in [0, 0.1) is 20.8 Å². The van der Waals surface area contributed by atoms with Crippen LogP contribution in [-0.2, 0) is 13.1 Å². The highest BCUT2D eigenvalue weighted by Crippen LogP contribution is 2.16. The SMILES string of the molecule is CCNC(=NCc1nc(C)no1)NCc1sc(C)nc1C. The van der Waals surface area contributed by atoms with Crippen molar-refractivity contribution < 1.29 is 4.52 Å². The lowest BCUT2D eigenvalue weighted by molar-refractivity contribution is 0.376. The van der Waals surface area contributed by atoms with Crippen molar-refractivity contribution in [3.8, 4) is 0 Å². The second-order valence-corrected chi connectivity index (χ2v) is 5.81. The van der Waals surface area contributed by atoms with Gasteiger partial charge in [0, 0.05) is 11.4 Å². The van der Waals surface area contributed by atoms with Gasteiger partial charge in [-0.2, -0.15) is 4.98 Å². The van der Waals surface area contributed by atoms with Crippen molar-refractivity contribution in [3.63, 3.8) is 0 Å². The summed E-state index contributed by atoms with van der Waals surface area (Å²) in [5, 5.41) is 11.3. The summed E-state index contributed by atoms with van der Waals surface area (Å²) in [4.78, 5) is 14.2. The molecule has 2 rings (SSSR count). The molecule has 114 valence electrons. The van der Waals surface area contributed by atoms with E-state index in [-0.39, 0.29) is 0 Å². The summed E-state index contributed by atoms with van der Waals surface area (Å²) in [6.07, 6.45) is 0. The number of guanidine groups is 1. The molecule has 2 aromatic rings. The molecule has 0 aromatic carbocycles. The zero-order valence-electron chi connectivity index (χ0n) is 12.7. The Balaban J connectivity index is 1.96. The van der Waals surface area contributed by atoms with Crippen LogP contribution in [0.15, 0.2) is 9.52 Å². The van der Waals surface area contributed by atoms with Gasteiger partial charge in [0.25, 0.3) is 0 Å². The number of aliphatic imine (C=N–C) groups is 1. The first kappa shape index (κ1) is 15.4. The molecule has 0 saturated heterocycles. The second-order valence-electron chi connectivity index (χ2n) is 4.53. The predicted octanol–water partition coefficient (Wildman–Crippen LogP) is 1.71. The van der Waals surface area contributed by atoms with Gasteiger partial charge in [0.1, 0.15) is 6.54 Å². The molecule has 0 aliphatic rings. The second kappa shape index (κ2) is 7.16. The van der Waals surface area contributed by atoms with Gasteiger partial charge < -0.3 is 15.2 Å². The predicted molar refractivity (Wildman–Crippen MR) is 82.3 cm³/mol. The molecule has 7 nitrogen and oxygen atoms in total. The number of nitrogens with zero attached hydrogens (tertiary/aromatic N) is 4. The summed E-state index contributed by atoms with van der Waals surface area (Å²) in [7, 11) is 0. The molecule has 0 bridgehead atoms. The van der Waals surface area contributed by atoms with Gasteiger partial charge in [-0.1, -0.05) is 5.16 Å². The van der Waals surface area contributed by atoms with E-state index in [1.165, 1.54) is 4.88 Å². The molecule has 2 heterocycles. The van der Waals surface area contributed by atoms with Crippen LogP contribution in [0.1, 0.15) is 34.2 Å². The molecule has 0 radical (unpaired) electrons. The Kier molecular flexibility index (Phi) is 5.26. The summed E-state index contributed by atoms with van der Waals surface area (Å²) in [5.74, 6) is 1.85. The lowest BCUT2D eigenvalue weighted by atomic mass is 10.4. The maximum atomic E-state index is 5.05. The summed E-state index contributed by atoms with van der Waals surface area (Å²) in [6.45, 7) is 9.69. The van der Waals surface area contributed by atoms with Gasteiger partial charge in [0.15, 0.2) is 11.8 Å². The highest BCUT2D eigenvalue weighted by atomic mass is 32.1. The van der Waals surface area contributed by atoms with Crippen LogP contribution >= 0.6 is 11.3 Å². The fraction of sp³-hybridized carbons (Fsp3) is 0.538. The number of nitrogens with one attached hydrogen (secondary N) is 2. The van der Waals surface area contributed by atoms with E-state index in [1.54, 1.807) is 18.3 Å². The van der Waals surface area contributed by atoms with Crippen molar-refractivity contribution in [2.24, 2.45) is 4.99 Å². The topological polar surface area (TPSA) is 88.2 Å². The summed E-state index contributed by atoms with van der Waals surface area (Å²) in [6, 6.07) is 0. The minimum absolute atomic E-state index is 0.358. The highest BCUT2D eigenvalue weighted by molar-refractivity contribution is 7.11. The molecule has 0 saturated carbocycles. The standard InChI is InChI=1S/C13H20N6OS/c1-5-14-13(16-7-12-18-9(3)19-20-12)15-6-11-8(2)17-10(4)21-11/h5-7H2,1-4H3,(H2,14,15,16). The number of aromatic nitrogens is 3. The van der Waals surface area contributed by atoms with Gasteiger partial charge in [-0.15, -0.1) is 11.3 Å². The lowest BCUT2D eigenvalue weighted by Gasteiger charge is -2.10. The fourth-order valence-electron chi connectivity index (χ4n) is 1.79. The van der Waals surface area contributed by atoms with Gasteiger partial charge in [-0.05, 0) is 27.7 Å². The molecule has 0 spiro atoms. The average Bonchev–Trinajstić information content (AvgIpc) is 2.99. The van der Waals surface area contributed by atoms with Crippen molar-refractivity contribution in [2.75, 3.05) is 6.54 Å². The Bertz CT molecular complexity index is 618. The van der Waals surface area contributed by atoms with Crippen molar-refractivity contribution in [1.29, 1.82) is 0 Å². The largest absolute Gasteiger partial charge is 0.357 e. The molecule has 0 amide bonds. The Morgan fingerprint density at radius 2 is 2.05 bits per heavy atom. The zero-order valence-corrected chi connectivity index (χ0v) is 13.5. The molecule has 0 aliphatic heterocycles. The van der Waals surface area contributed by atoms with E-state index in [0.29, 0.717) is 24.8 Å². The van der Waals surface area contributed by atoms with E-state index in [1.807, 2.05) is 20.8 Å². The van der Waals surface area contributed by atoms with E-state index in [4.69, 9.17) is 4.52 Å². The van der Waals surface area contributed by atoms with E-state index < -0.39 is 0 Å². The maximum Gasteiger partial charge on any atom is 0.248 e. The quantitative estimate of drug-likeness (QED) is 0.646. The minimum Gasteiger partial charge on any atom is -0.357 e. The van der Waals surface area contributed by atoms with Crippen molar-refractivity contribution in [1.82, 2.24) is 25.8 Å². The van der Waals surface area contributed by atoms with Crippen LogP contribution in [0.4, 0.5) is 0 Å². The van der Waals surface area contributed by atoms with Gasteiger partial charge in [-0.3, -0.25) is 0 Å². The Morgan fingerprint density at radius 3 is 2.62 bits per heavy atom. The van der Waals surface area contributed by atoms with E-state index >= 15 is 0 Å². The van der Waals surface area contributed by atoms with Gasteiger partial charge >= 0.3 is 0 Å². The smallest absolute Gasteiger partial charge is 0.248 e. The lowest BCUT2D eigenvalue weighted by Crippen LogP contribution is -2.36.